The lowest BCUT2D eigenvalue weighted by Gasteiger charge is -2.35. The highest BCUT2D eigenvalue weighted by Gasteiger charge is 2.36. The van der Waals surface area contributed by atoms with Crippen molar-refractivity contribution >= 4 is 17.5 Å². The molecule has 2 aliphatic heterocycles. The van der Waals surface area contributed by atoms with Crippen LogP contribution in [0.1, 0.15) is 60.1 Å². The van der Waals surface area contributed by atoms with E-state index in [1.165, 1.54) is 0 Å². The van der Waals surface area contributed by atoms with Gasteiger partial charge in [-0.25, -0.2) is 0 Å². The summed E-state index contributed by atoms with van der Waals surface area (Å²) in [5.74, 6) is 0.446. The lowest BCUT2D eigenvalue weighted by Crippen LogP contribution is -2.48. The first kappa shape index (κ1) is 21.4. The number of hydrogen-bond donors (Lipinski definition) is 1. The molecule has 6 heteroatoms. The lowest BCUT2D eigenvalue weighted by molar-refractivity contribution is -0.0586. The van der Waals surface area contributed by atoms with Crippen LogP contribution < -0.4 is 5.32 Å². The van der Waals surface area contributed by atoms with E-state index in [0.717, 1.165) is 16.8 Å². The average Bonchev–Trinajstić information content (AvgIpc) is 2.99. The predicted octanol–water partition coefficient (Wildman–Crippen LogP) is 4.16. The molecule has 0 aliphatic carbocycles. The smallest absolute Gasteiger partial charge is 0.256 e. The van der Waals surface area contributed by atoms with E-state index in [-0.39, 0.29) is 30.2 Å². The first-order valence-electron chi connectivity index (χ1n) is 11.0. The van der Waals surface area contributed by atoms with E-state index in [1.807, 2.05) is 72.2 Å². The van der Waals surface area contributed by atoms with E-state index in [1.54, 1.807) is 0 Å². The summed E-state index contributed by atoms with van der Waals surface area (Å²) in [6, 6.07) is 15.3. The number of hydrogen-bond acceptors (Lipinski definition) is 4. The van der Waals surface area contributed by atoms with Gasteiger partial charge in [0, 0.05) is 42.0 Å². The minimum Gasteiger partial charge on any atom is -0.372 e. The minimum absolute atomic E-state index is 0.0244. The van der Waals surface area contributed by atoms with E-state index in [9.17, 15) is 9.59 Å². The van der Waals surface area contributed by atoms with Crippen LogP contribution in [-0.4, -0.2) is 53.5 Å². The van der Waals surface area contributed by atoms with Crippen molar-refractivity contribution in [1.82, 2.24) is 9.80 Å². The number of fused-ring (bicyclic) bond motifs is 1. The van der Waals surface area contributed by atoms with Gasteiger partial charge in [-0.1, -0.05) is 32.0 Å². The maximum atomic E-state index is 12.9. The fraction of sp³-hybridized carbons (Fsp3) is 0.440. The molecular weight excluding hydrogens is 390 g/mol. The summed E-state index contributed by atoms with van der Waals surface area (Å²) in [6.45, 7) is 10.1. The summed E-state index contributed by atoms with van der Waals surface area (Å²) in [7, 11) is 0. The summed E-state index contributed by atoms with van der Waals surface area (Å²) >= 11 is 0. The van der Waals surface area contributed by atoms with Gasteiger partial charge in [-0.15, -0.1) is 0 Å². The summed E-state index contributed by atoms with van der Waals surface area (Å²) in [5, 5.41) is 3.50. The van der Waals surface area contributed by atoms with Crippen LogP contribution in [0.4, 0.5) is 5.69 Å². The van der Waals surface area contributed by atoms with Crippen LogP contribution in [-0.2, 0) is 4.74 Å². The van der Waals surface area contributed by atoms with Crippen LogP contribution in [0, 0.1) is 5.92 Å². The molecule has 0 spiro atoms. The number of amides is 2. The van der Waals surface area contributed by atoms with Crippen LogP contribution in [0.25, 0.3) is 0 Å². The highest BCUT2D eigenvalue weighted by atomic mass is 16.5. The number of ether oxygens (including phenoxy) is 1. The molecule has 1 saturated heterocycles. The van der Waals surface area contributed by atoms with Crippen LogP contribution in [0.2, 0.25) is 0 Å². The van der Waals surface area contributed by atoms with Crippen molar-refractivity contribution < 1.29 is 14.3 Å². The van der Waals surface area contributed by atoms with Crippen molar-refractivity contribution in [2.24, 2.45) is 5.92 Å². The second-order valence-electron chi connectivity index (χ2n) is 9.03. The Kier molecular flexibility index (Phi) is 6.01. The standard InChI is InChI=1S/C25H31N3O3/c1-16(2)13-28-23(21-7-5-6-8-22(21)25(28)30)26-20-11-9-19(10-12-20)24(29)27-14-17(3)31-18(4)15-27/h5-12,16-18,23,26H,13-15H2,1-4H3. The topological polar surface area (TPSA) is 61.9 Å². The minimum atomic E-state index is -0.214. The Morgan fingerprint density at radius 1 is 1.06 bits per heavy atom. The Hall–Kier alpha value is -2.86. The molecule has 0 bridgehead atoms. The molecule has 4 rings (SSSR count). The third kappa shape index (κ3) is 4.44. The van der Waals surface area contributed by atoms with Crippen molar-refractivity contribution in [2.45, 2.75) is 46.1 Å². The summed E-state index contributed by atoms with van der Waals surface area (Å²) in [4.78, 5) is 29.6. The quantitative estimate of drug-likeness (QED) is 0.788. The SMILES string of the molecule is CC(C)CN1C(=O)c2ccccc2C1Nc1ccc(C(=O)N2CC(C)OC(C)C2)cc1. The van der Waals surface area contributed by atoms with Gasteiger partial charge in [0.2, 0.25) is 0 Å². The summed E-state index contributed by atoms with van der Waals surface area (Å²) < 4.78 is 5.73. The Morgan fingerprint density at radius 2 is 1.71 bits per heavy atom. The molecule has 3 atom stereocenters. The first-order chi connectivity index (χ1) is 14.8. The molecule has 2 amide bonds. The molecule has 0 saturated carbocycles. The molecule has 0 radical (unpaired) electrons. The van der Waals surface area contributed by atoms with E-state index < -0.39 is 0 Å². The molecule has 6 nitrogen and oxygen atoms in total. The highest BCUT2D eigenvalue weighted by molar-refractivity contribution is 5.99. The van der Waals surface area contributed by atoms with E-state index in [0.29, 0.717) is 31.1 Å². The number of benzene rings is 2. The lowest BCUT2D eigenvalue weighted by atomic mass is 10.1. The van der Waals surface area contributed by atoms with Crippen LogP contribution in [0.15, 0.2) is 48.5 Å². The molecule has 164 valence electrons. The molecule has 31 heavy (non-hydrogen) atoms. The number of nitrogens with one attached hydrogen (secondary N) is 1. The summed E-state index contributed by atoms with van der Waals surface area (Å²) in [5.41, 5.74) is 3.28. The number of carbonyl (C=O) groups excluding carboxylic acids is 2. The number of anilines is 1. The largest absolute Gasteiger partial charge is 0.372 e. The highest BCUT2D eigenvalue weighted by Crippen LogP contribution is 2.35. The van der Waals surface area contributed by atoms with E-state index >= 15 is 0 Å². The molecule has 1 N–H and O–H groups in total. The fourth-order valence-corrected chi connectivity index (χ4v) is 4.50. The molecule has 2 heterocycles. The van der Waals surface area contributed by atoms with E-state index in [2.05, 4.69) is 19.2 Å². The van der Waals surface area contributed by atoms with Gasteiger partial charge >= 0.3 is 0 Å². The summed E-state index contributed by atoms with van der Waals surface area (Å²) in [6.07, 6.45) is -0.130. The van der Waals surface area contributed by atoms with Gasteiger partial charge in [0.25, 0.3) is 11.8 Å². The molecule has 2 aromatic rings. The molecule has 1 fully saturated rings. The second-order valence-corrected chi connectivity index (χ2v) is 9.03. The van der Waals surface area contributed by atoms with Crippen molar-refractivity contribution in [3.8, 4) is 0 Å². The maximum Gasteiger partial charge on any atom is 0.256 e. The normalized spacial score (nSPS) is 23.3. The molecule has 0 aromatic heterocycles. The molecule has 3 unspecified atom stereocenters. The fourth-order valence-electron chi connectivity index (χ4n) is 4.50. The zero-order valence-electron chi connectivity index (χ0n) is 18.7. The van der Waals surface area contributed by atoms with Crippen LogP contribution >= 0.6 is 0 Å². The molecule has 2 aliphatic rings. The van der Waals surface area contributed by atoms with Crippen molar-refractivity contribution in [1.29, 1.82) is 0 Å². The average molecular weight is 422 g/mol. The number of rotatable bonds is 5. The van der Waals surface area contributed by atoms with Gasteiger partial charge in [-0.3, -0.25) is 9.59 Å². The number of nitrogens with zero attached hydrogens (tertiary/aromatic N) is 2. The second kappa shape index (κ2) is 8.71. The van der Waals surface area contributed by atoms with Gasteiger partial charge in [0.05, 0.1) is 12.2 Å². The van der Waals surface area contributed by atoms with Crippen molar-refractivity contribution in [3.63, 3.8) is 0 Å². The Morgan fingerprint density at radius 3 is 2.35 bits per heavy atom. The monoisotopic (exact) mass is 421 g/mol. The zero-order valence-corrected chi connectivity index (χ0v) is 18.7. The Balaban J connectivity index is 1.51. The van der Waals surface area contributed by atoms with Gasteiger partial charge in [0.1, 0.15) is 6.17 Å². The first-order valence-corrected chi connectivity index (χ1v) is 11.0. The van der Waals surface area contributed by atoms with Crippen molar-refractivity contribution in [2.75, 3.05) is 25.0 Å². The van der Waals surface area contributed by atoms with E-state index in [4.69, 9.17) is 4.74 Å². The van der Waals surface area contributed by atoms with Crippen molar-refractivity contribution in [3.05, 3.63) is 65.2 Å². The number of morpholine rings is 1. The van der Waals surface area contributed by atoms with Gasteiger partial charge in [-0.05, 0) is 50.1 Å². The third-order valence-electron chi connectivity index (χ3n) is 5.76. The number of carbonyl (C=O) groups is 2. The zero-order chi connectivity index (χ0) is 22.1. The molecular formula is C25H31N3O3. The Bertz CT molecular complexity index is 947. The molecule has 2 aromatic carbocycles. The Labute approximate surface area is 184 Å². The van der Waals surface area contributed by atoms with Gasteiger partial charge in [0.15, 0.2) is 0 Å². The van der Waals surface area contributed by atoms with Crippen LogP contribution in [0.3, 0.4) is 0 Å². The predicted molar refractivity (Wildman–Crippen MR) is 121 cm³/mol. The van der Waals surface area contributed by atoms with Gasteiger partial charge < -0.3 is 19.9 Å². The van der Waals surface area contributed by atoms with Crippen LogP contribution in [0.5, 0.6) is 0 Å². The third-order valence-corrected chi connectivity index (χ3v) is 5.76. The van der Waals surface area contributed by atoms with Gasteiger partial charge in [-0.2, -0.15) is 0 Å². The maximum absolute atomic E-state index is 12.9.